The first-order valence-corrected chi connectivity index (χ1v) is 9.85. The summed E-state index contributed by atoms with van der Waals surface area (Å²) in [6.45, 7) is 1.74. The number of nitrogens with zero attached hydrogens (tertiary/aromatic N) is 3. The second-order valence-corrected chi connectivity index (χ2v) is 7.47. The minimum atomic E-state index is -0.536. The molecular weight excluding hydrogens is 396 g/mol. The SMILES string of the molecule is Cc1nn(-c2nc3ccccc3[nH]2)c2c1C(c1ccc(OCC(N)=O)cc1)CC(=O)N2. The number of primary amides is 1. The number of anilines is 1. The summed E-state index contributed by atoms with van der Waals surface area (Å²) in [6.07, 6.45) is 0.307. The number of fused-ring (bicyclic) bond motifs is 2. The van der Waals surface area contributed by atoms with E-state index in [1.807, 2.05) is 43.3 Å². The molecule has 1 aliphatic heterocycles. The number of benzene rings is 2. The van der Waals surface area contributed by atoms with Crippen LogP contribution in [0.4, 0.5) is 5.82 Å². The second kappa shape index (κ2) is 7.28. The van der Waals surface area contributed by atoms with Crippen LogP contribution in [0.3, 0.4) is 0 Å². The number of hydrogen-bond donors (Lipinski definition) is 3. The van der Waals surface area contributed by atoms with Gasteiger partial charge in [0.25, 0.3) is 5.91 Å². The van der Waals surface area contributed by atoms with Crippen LogP contribution in [0.2, 0.25) is 0 Å². The molecule has 156 valence electrons. The maximum Gasteiger partial charge on any atom is 0.255 e. The second-order valence-electron chi connectivity index (χ2n) is 7.47. The van der Waals surface area contributed by atoms with Crippen LogP contribution in [0.15, 0.2) is 48.5 Å². The molecule has 2 aromatic carbocycles. The van der Waals surface area contributed by atoms with E-state index in [2.05, 4.69) is 20.4 Å². The van der Waals surface area contributed by atoms with Gasteiger partial charge in [0.1, 0.15) is 11.6 Å². The number of amides is 2. The van der Waals surface area contributed by atoms with E-state index in [1.165, 1.54) is 0 Å². The topological polar surface area (TPSA) is 128 Å². The highest BCUT2D eigenvalue weighted by atomic mass is 16.5. The molecule has 0 radical (unpaired) electrons. The first kappa shape index (κ1) is 18.9. The summed E-state index contributed by atoms with van der Waals surface area (Å²) in [5.74, 6) is 0.911. The van der Waals surface area contributed by atoms with Crippen LogP contribution < -0.4 is 15.8 Å². The number of H-pyrrole nitrogens is 1. The number of para-hydroxylation sites is 2. The average Bonchev–Trinajstić information content (AvgIpc) is 3.33. The Morgan fingerprint density at radius 1 is 1.23 bits per heavy atom. The summed E-state index contributed by atoms with van der Waals surface area (Å²) in [5, 5.41) is 7.63. The Balaban J connectivity index is 1.53. The van der Waals surface area contributed by atoms with Crippen molar-refractivity contribution < 1.29 is 14.3 Å². The number of aromatic amines is 1. The number of imidazole rings is 1. The van der Waals surface area contributed by atoms with E-state index < -0.39 is 5.91 Å². The van der Waals surface area contributed by atoms with Crippen molar-refractivity contribution >= 4 is 28.7 Å². The number of nitrogens with one attached hydrogen (secondary N) is 2. The van der Waals surface area contributed by atoms with Crippen molar-refractivity contribution in [1.82, 2.24) is 19.7 Å². The van der Waals surface area contributed by atoms with Crippen molar-refractivity contribution in [2.24, 2.45) is 5.73 Å². The number of aryl methyl sites for hydroxylation is 1. The largest absolute Gasteiger partial charge is 0.484 e. The molecule has 5 rings (SSSR count). The minimum Gasteiger partial charge on any atom is -0.484 e. The molecule has 0 fully saturated rings. The lowest BCUT2D eigenvalue weighted by Gasteiger charge is -2.24. The molecule has 0 bridgehead atoms. The standard InChI is InChI=1S/C22H20N6O3/c1-12-20-15(13-6-8-14(9-7-13)31-11-18(23)29)10-19(30)26-21(20)28(27-12)22-24-16-4-2-3-5-17(16)25-22/h2-9,15H,10-11H2,1H3,(H2,23,29)(H,24,25)(H,26,30). The van der Waals surface area contributed by atoms with E-state index in [0.29, 0.717) is 23.9 Å². The van der Waals surface area contributed by atoms with Gasteiger partial charge in [-0.3, -0.25) is 9.59 Å². The van der Waals surface area contributed by atoms with Gasteiger partial charge in [0.05, 0.1) is 16.7 Å². The number of carbonyl (C=O) groups is 2. The van der Waals surface area contributed by atoms with Crippen molar-refractivity contribution in [1.29, 1.82) is 0 Å². The van der Waals surface area contributed by atoms with Crippen LogP contribution in [0.25, 0.3) is 17.0 Å². The predicted molar refractivity (Wildman–Crippen MR) is 114 cm³/mol. The van der Waals surface area contributed by atoms with Crippen LogP contribution in [0.1, 0.15) is 29.2 Å². The van der Waals surface area contributed by atoms with Crippen LogP contribution >= 0.6 is 0 Å². The van der Waals surface area contributed by atoms with E-state index in [9.17, 15) is 9.59 Å². The number of ether oxygens (including phenoxy) is 1. The average molecular weight is 416 g/mol. The first-order chi connectivity index (χ1) is 15.0. The molecular formula is C22H20N6O3. The molecule has 2 amide bonds. The Hall–Kier alpha value is -4.14. The van der Waals surface area contributed by atoms with Crippen LogP contribution in [0.5, 0.6) is 5.75 Å². The summed E-state index contributed by atoms with van der Waals surface area (Å²) in [5.41, 5.74) is 9.56. The van der Waals surface area contributed by atoms with E-state index in [1.54, 1.807) is 16.8 Å². The Labute approximate surface area is 177 Å². The van der Waals surface area contributed by atoms with E-state index in [0.717, 1.165) is 27.9 Å². The molecule has 9 heteroatoms. The number of rotatable bonds is 5. The fraction of sp³-hybridized carbons (Fsp3) is 0.182. The monoisotopic (exact) mass is 416 g/mol. The maximum absolute atomic E-state index is 12.6. The van der Waals surface area contributed by atoms with Gasteiger partial charge in [-0.2, -0.15) is 9.78 Å². The van der Waals surface area contributed by atoms with Gasteiger partial charge in [-0.25, -0.2) is 4.98 Å². The van der Waals surface area contributed by atoms with Gasteiger partial charge in [0, 0.05) is 17.9 Å². The third-order valence-corrected chi connectivity index (χ3v) is 5.34. The van der Waals surface area contributed by atoms with Crippen LogP contribution in [-0.2, 0) is 9.59 Å². The molecule has 4 aromatic rings. The Morgan fingerprint density at radius 3 is 2.74 bits per heavy atom. The summed E-state index contributed by atoms with van der Waals surface area (Å²) in [7, 11) is 0. The van der Waals surface area contributed by atoms with Gasteiger partial charge in [-0.15, -0.1) is 0 Å². The lowest BCUT2D eigenvalue weighted by Crippen LogP contribution is -2.25. The normalized spacial score (nSPS) is 15.5. The molecule has 3 heterocycles. The number of hydrogen-bond acceptors (Lipinski definition) is 5. The molecule has 0 saturated heterocycles. The Morgan fingerprint density at radius 2 is 2.00 bits per heavy atom. The highest BCUT2D eigenvalue weighted by molar-refractivity contribution is 5.95. The zero-order valence-corrected chi connectivity index (χ0v) is 16.8. The fourth-order valence-corrected chi connectivity index (χ4v) is 3.98. The van der Waals surface area contributed by atoms with Gasteiger partial charge in [-0.05, 0) is 36.8 Å². The summed E-state index contributed by atoms with van der Waals surface area (Å²) in [6, 6.07) is 15.0. The third kappa shape index (κ3) is 3.39. The van der Waals surface area contributed by atoms with Gasteiger partial charge < -0.3 is 20.8 Å². The number of carbonyl (C=O) groups excluding carboxylic acids is 2. The third-order valence-electron chi connectivity index (χ3n) is 5.34. The fourth-order valence-electron chi connectivity index (χ4n) is 3.98. The molecule has 1 atom stereocenters. The van der Waals surface area contributed by atoms with Crippen molar-refractivity contribution in [2.45, 2.75) is 19.3 Å². The number of aromatic nitrogens is 4. The molecule has 2 aromatic heterocycles. The van der Waals surface area contributed by atoms with Crippen LogP contribution in [-0.4, -0.2) is 38.2 Å². The van der Waals surface area contributed by atoms with Gasteiger partial charge in [0.15, 0.2) is 6.61 Å². The lowest BCUT2D eigenvalue weighted by molar-refractivity contribution is -0.120. The quantitative estimate of drug-likeness (QED) is 0.460. The highest BCUT2D eigenvalue weighted by Crippen LogP contribution is 2.40. The molecule has 0 saturated carbocycles. The zero-order chi connectivity index (χ0) is 21.5. The number of nitrogens with two attached hydrogens (primary N) is 1. The molecule has 1 aliphatic rings. The van der Waals surface area contributed by atoms with Crippen molar-refractivity contribution in [3.05, 3.63) is 65.4 Å². The minimum absolute atomic E-state index is 0.0937. The predicted octanol–water partition coefficient (Wildman–Crippen LogP) is 2.40. The van der Waals surface area contributed by atoms with E-state index in [4.69, 9.17) is 10.5 Å². The van der Waals surface area contributed by atoms with Crippen molar-refractivity contribution in [3.8, 4) is 11.7 Å². The first-order valence-electron chi connectivity index (χ1n) is 9.85. The molecule has 9 nitrogen and oxygen atoms in total. The molecule has 0 spiro atoms. The van der Waals surface area contributed by atoms with E-state index >= 15 is 0 Å². The summed E-state index contributed by atoms with van der Waals surface area (Å²) < 4.78 is 6.98. The molecule has 4 N–H and O–H groups in total. The maximum atomic E-state index is 12.6. The van der Waals surface area contributed by atoms with Crippen LogP contribution in [0, 0.1) is 6.92 Å². The van der Waals surface area contributed by atoms with Crippen molar-refractivity contribution in [3.63, 3.8) is 0 Å². The van der Waals surface area contributed by atoms with E-state index in [-0.39, 0.29) is 18.4 Å². The Kier molecular flexibility index (Phi) is 4.43. The van der Waals surface area contributed by atoms with Gasteiger partial charge in [-0.1, -0.05) is 24.3 Å². The zero-order valence-electron chi connectivity index (χ0n) is 16.8. The summed E-state index contributed by atoms with van der Waals surface area (Å²) in [4.78, 5) is 31.3. The van der Waals surface area contributed by atoms with Gasteiger partial charge in [0.2, 0.25) is 11.9 Å². The Bertz CT molecular complexity index is 1270. The molecule has 0 aliphatic carbocycles. The lowest BCUT2D eigenvalue weighted by atomic mass is 9.86. The highest BCUT2D eigenvalue weighted by Gasteiger charge is 2.33. The van der Waals surface area contributed by atoms with Gasteiger partial charge >= 0.3 is 0 Å². The molecule has 1 unspecified atom stereocenters. The summed E-state index contributed by atoms with van der Waals surface area (Å²) >= 11 is 0. The molecule has 31 heavy (non-hydrogen) atoms. The smallest absolute Gasteiger partial charge is 0.255 e. The van der Waals surface area contributed by atoms with Crippen molar-refractivity contribution in [2.75, 3.05) is 11.9 Å².